The van der Waals surface area contributed by atoms with Gasteiger partial charge in [-0.05, 0) is 41.4 Å². The molecule has 0 aromatic heterocycles. The second kappa shape index (κ2) is 6.82. The molecule has 0 amide bonds. The third-order valence-corrected chi connectivity index (χ3v) is 3.32. The van der Waals surface area contributed by atoms with Gasteiger partial charge in [-0.2, -0.15) is 0 Å². The predicted octanol–water partition coefficient (Wildman–Crippen LogP) is 5.40. The van der Waals surface area contributed by atoms with Gasteiger partial charge in [0.05, 0.1) is 0 Å². The maximum absolute atomic E-state index is 5.80. The van der Waals surface area contributed by atoms with E-state index in [1.165, 1.54) is 18.4 Å². The van der Waals surface area contributed by atoms with Crippen LogP contribution < -0.4 is 5.73 Å². The van der Waals surface area contributed by atoms with E-state index in [4.69, 9.17) is 5.73 Å². The Morgan fingerprint density at radius 1 is 0.944 bits per heavy atom. The maximum Gasteiger partial charge on any atom is 0.0316 e. The largest absolute Gasteiger partial charge is 0.399 e. The molecule has 0 bridgehead atoms. The summed E-state index contributed by atoms with van der Waals surface area (Å²) in [5.74, 6) is 0. The summed E-state index contributed by atoms with van der Waals surface area (Å²) in [6, 6.07) is 8.33. The lowest BCUT2D eigenvalue weighted by atomic mass is 9.53. The fraction of sp³-hybridized carbons (Fsp3) is 0.647. The number of hydrogen-bond donors (Lipinski definition) is 1. The van der Waals surface area contributed by atoms with Crippen LogP contribution in [0.25, 0.3) is 0 Å². The van der Waals surface area contributed by atoms with Crippen LogP contribution in [0, 0.1) is 5.41 Å². The highest BCUT2D eigenvalue weighted by atomic mass is 14.6. The Balaban J connectivity index is 0.000000659. The van der Waals surface area contributed by atoms with Gasteiger partial charge in [0.15, 0.2) is 0 Å². The van der Waals surface area contributed by atoms with Crippen molar-refractivity contribution in [1.82, 2.24) is 0 Å². The third-order valence-electron chi connectivity index (χ3n) is 3.32. The molecule has 1 nitrogen and oxygen atoms in total. The number of rotatable bonds is 1. The summed E-state index contributed by atoms with van der Waals surface area (Å²) in [5.41, 5.74) is 8.96. The van der Waals surface area contributed by atoms with Crippen LogP contribution in [0.1, 0.15) is 66.9 Å². The first-order valence-electron chi connectivity index (χ1n) is 7.27. The molecule has 0 saturated heterocycles. The molecular weight excluding hydrogens is 218 g/mol. The van der Waals surface area contributed by atoms with Crippen LogP contribution in [0.5, 0.6) is 0 Å². The molecule has 1 fully saturated rings. The van der Waals surface area contributed by atoms with Crippen LogP contribution in [0.15, 0.2) is 24.3 Å². The number of anilines is 1. The van der Waals surface area contributed by atoms with Crippen LogP contribution in [-0.2, 0) is 5.41 Å². The van der Waals surface area contributed by atoms with Crippen molar-refractivity contribution < 1.29 is 0 Å². The molecule has 0 aliphatic heterocycles. The molecule has 2 rings (SSSR count). The van der Waals surface area contributed by atoms with Gasteiger partial charge in [-0.15, -0.1) is 0 Å². The standard InChI is InChI=1S/C13H19N.2C2H6/c1-12(2)8-13(3,9-12)10-5-4-6-11(14)7-10;2*1-2/h4-7H,8-9,14H2,1-3H3;2*1-2H3. The van der Waals surface area contributed by atoms with E-state index in [0.717, 1.165) is 5.69 Å². The minimum Gasteiger partial charge on any atom is -0.399 e. The Hall–Kier alpha value is -0.980. The average molecular weight is 249 g/mol. The van der Waals surface area contributed by atoms with Gasteiger partial charge in [-0.25, -0.2) is 0 Å². The first kappa shape index (κ1) is 17.0. The molecule has 0 spiro atoms. The van der Waals surface area contributed by atoms with Crippen molar-refractivity contribution in [3.63, 3.8) is 0 Å². The van der Waals surface area contributed by atoms with Crippen molar-refractivity contribution in [2.24, 2.45) is 5.41 Å². The van der Waals surface area contributed by atoms with E-state index in [1.807, 2.05) is 33.8 Å². The first-order chi connectivity index (χ1) is 8.41. The van der Waals surface area contributed by atoms with Crippen molar-refractivity contribution in [2.75, 3.05) is 5.73 Å². The topological polar surface area (TPSA) is 26.0 Å². The zero-order valence-corrected chi connectivity index (χ0v) is 13.3. The summed E-state index contributed by atoms with van der Waals surface area (Å²) < 4.78 is 0. The molecule has 1 aromatic rings. The van der Waals surface area contributed by atoms with E-state index in [-0.39, 0.29) is 0 Å². The Morgan fingerprint density at radius 3 is 1.83 bits per heavy atom. The Bertz CT molecular complexity index is 344. The molecule has 0 heterocycles. The van der Waals surface area contributed by atoms with Crippen molar-refractivity contribution in [3.05, 3.63) is 29.8 Å². The number of benzene rings is 1. The Labute approximate surface area is 114 Å². The van der Waals surface area contributed by atoms with E-state index >= 15 is 0 Å². The van der Waals surface area contributed by atoms with Crippen LogP contribution in [0.3, 0.4) is 0 Å². The second-order valence-corrected chi connectivity index (χ2v) is 5.70. The smallest absolute Gasteiger partial charge is 0.0316 e. The number of hydrogen-bond acceptors (Lipinski definition) is 1. The molecule has 0 atom stereocenters. The zero-order chi connectivity index (χ0) is 14.4. The van der Waals surface area contributed by atoms with Crippen LogP contribution in [-0.4, -0.2) is 0 Å². The summed E-state index contributed by atoms with van der Waals surface area (Å²) in [4.78, 5) is 0. The molecule has 1 heteroatoms. The monoisotopic (exact) mass is 249 g/mol. The van der Waals surface area contributed by atoms with E-state index in [2.05, 4.69) is 39.0 Å². The molecule has 18 heavy (non-hydrogen) atoms. The fourth-order valence-corrected chi connectivity index (χ4v) is 3.18. The second-order valence-electron chi connectivity index (χ2n) is 5.70. The van der Waals surface area contributed by atoms with Gasteiger partial charge in [0, 0.05) is 5.69 Å². The number of nitrogens with two attached hydrogens (primary N) is 1. The summed E-state index contributed by atoms with van der Waals surface area (Å²) in [7, 11) is 0. The first-order valence-corrected chi connectivity index (χ1v) is 7.27. The molecule has 2 N–H and O–H groups in total. The van der Waals surface area contributed by atoms with Crippen molar-refractivity contribution in [2.45, 2.75) is 66.7 Å². The van der Waals surface area contributed by atoms with Gasteiger partial charge < -0.3 is 5.73 Å². The summed E-state index contributed by atoms with van der Waals surface area (Å²) in [5, 5.41) is 0. The highest BCUT2D eigenvalue weighted by Crippen LogP contribution is 2.55. The predicted molar refractivity (Wildman–Crippen MR) is 83.9 cm³/mol. The zero-order valence-electron chi connectivity index (χ0n) is 13.3. The lowest BCUT2D eigenvalue weighted by Gasteiger charge is -2.52. The van der Waals surface area contributed by atoms with E-state index in [0.29, 0.717) is 10.8 Å². The van der Waals surface area contributed by atoms with Gasteiger partial charge in [-0.1, -0.05) is 60.6 Å². The molecule has 0 radical (unpaired) electrons. The van der Waals surface area contributed by atoms with E-state index < -0.39 is 0 Å². The van der Waals surface area contributed by atoms with Gasteiger partial charge in [0.1, 0.15) is 0 Å². The Morgan fingerprint density at radius 2 is 1.44 bits per heavy atom. The normalized spacial score (nSPS) is 18.4. The summed E-state index contributed by atoms with van der Waals surface area (Å²) in [6.45, 7) is 15.0. The van der Waals surface area contributed by atoms with E-state index in [9.17, 15) is 0 Å². The van der Waals surface area contributed by atoms with Crippen molar-refractivity contribution in [3.8, 4) is 0 Å². The van der Waals surface area contributed by atoms with Crippen LogP contribution >= 0.6 is 0 Å². The average Bonchev–Trinajstić information content (AvgIpc) is 2.32. The molecule has 1 saturated carbocycles. The highest BCUT2D eigenvalue weighted by Gasteiger charge is 2.46. The molecule has 0 unspecified atom stereocenters. The van der Waals surface area contributed by atoms with Gasteiger partial charge >= 0.3 is 0 Å². The molecule has 1 aromatic carbocycles. The summed E-state index contributed by atoms with van der Waals surface area (Å²) in [6.07, 6.45) is 2.53. The van der Waals surface area contributed by atoms with Gasteiger partial charge in [0.25, 0.3) is 0 Å². The minimum absolute atomic E-state index is 0.360. The molecule has 1 aliphatic rings. The SMILES string of the molecule is CC.CC.CC1(C)CC(C)(c2cccc(N)c2)C1. The molecule has 104 valence electrons. The maximum atomic E-state index is 5.80. The van der Waals surface area contributed by atoms with Gasteiger partial charge in [0.2, 0.25) is 0 Å². The third kappa shape index (κ3) is 4.04. The van der Waals surface area contributed by atoms with Crippen molar-refractivity contribution >= 4 is 5.69 Å². The van der Waals surface area contributed by atoms with E-state index in [1.54, 1.807) is 0 Å². The van der Waals surface area contributed by atoms with Crippen LogP contribution in [0.2, 0.25) is 0 Å². The number of nitrogen functional groups attached to an aromatic ring is 1. The molecule has 1 aliphatic carbocycles. The van der Waals surface area contributed by atoms with Gasteiger partial charge in [-0.3, -0.25) is 0 Å². The lowest BCUT2D eigenvalue weighted by Crippen LogP contribution is -2.44. The summed E-state index contributed by atoms with van der Waals surface area (Å²) >= 11 is 0. The lowest BCUT2D eigenvalue weighted by molar-refractivity contribution is 0.0718. The Kier molecular flexibility index (Phi) is 6.45. The minimum atomic E-state index is 0.360. The quantitative estimate of drug-likeness (QED) is 0.663. The molecular formula is C17H31N. The highest BCUT2D eigenvalue weighted by molar-refractivity contribution is 5.44. The van der Waals surface area contributed by atoms with Crippen molar-refractivity contribution in [1.29, 1.82) is 0 Å². The fourth-order valence-electron chi connectivity index (χ4n) is 3.18. The van der Waals surface area contributed by atoms with Crippen LogP contribution in [0.4, 0.5) is 5.69 Å².